The van der Waals surface area contributed by atoms with E-state index in [4.69, 9.17) is 5.73 Å². The predicted octanol–water partition coefficient (Wildman–Crippen LogP) is 2.93. The van der Waals surface area contributed by atoms with Gasteiger partial charge in [-0.15, -0.1) is 0 Å². The van der Waals surface area contributed by atoms with Gasteiger partial charge in [0.25, 0.3) is 0 Å². The maximum atomic E-state index is 13.9. The largest absolute Gasteiger partial charge is 0.393 e. The van der Waals surface area contributed by atoms with E-state index in [1.54, 1.807) is 17.0 Å². The van der Waals surface area contributed by atoms with E-state index in [2.05, 4.69) is 20.9 Å². The molecule has 0 radical (unpaired) electrons. The Bertz CT molecular complexity index is 957. The number of anilines is 1. The summed E-state index contributed by atoms with van der Waals surface area (Å²) in [6.07, 6.45) is 0.288. The molecule has 160 valence electrons. The summed E-state index contributed by atoms with van der Waals surface area (Å²) in [5.74, 6) is -1.94. The quantitative estimate of drug-likeness (QED) is 0.825. The fourth-order valence-electron chi connectivity index (χ4n) is 4.59. The number of nitrogens with two attached hydrogens (primary N) is 1. The molecule has 0 saturated carbocycles. The number of hydrogen-bond acceptors (Lipinski definition) is 6. The predicted molar refractivity (Wildman–Crippen MR) is 108 cm³/mol. The number of halogens is 3. The van der Waals surface area contributed by atoms with Gasteiger partial charge in [-0.1, -0.05) is 0 Å². The van der Waals surface area contributed by atoms with E-state index in [1.165, 1.54) is 12.4 Å². The van der Waals surface area contributed by atoms with E-state index in [1.807, 2.05) is 6.92 Å². The van der Waals surface area contributed by atoms with Crippen LogP contribution >= 0.6 is 0 Å². The molecule has 0 bridgehead atoms. The molecule has 2 N–H and O–H groups in total. The number of nitriles is 1. The summed E-state index contributed by atoms with van der Waals surface area (Å²) in [5.41, 5.74) is 7.78. The SMILES string of the molecule is CC1(N)CCN(C[C@H]2CN(c3ccc(C#N)c4nccnc34)CC2C(F)(F)F)CC1. The van der Waals surface area contributed by atoms with Gasteiger partial charge in [-0.05, 0) is 45.0 Å². The van der Waals surface area contributed by atoms with Crippen molar-refractivity contribution in [3.63, 3.8) is 0 Å². The van der Waals surface area contributed by atoms with Crippen molar-refractivity contribution in [1.82, 2.24) is 14.9 Å². The minimum absolute atomic E-state index is 0.117. The van der Waals surface area contributed by atoms with Crippen LogP contribution < -0.4 is 10.6 Å². The Morgan fingerprint density at radius 1 is 1.17 bits per heavy atom. The standard InChI is InChI=1S/C21H25F3N6/c1-20(26)4-8-29(9-5-20)11-15-12-30(13-16(15)21(22,23)24)17-3-2-14(10-25)18-19(17)28-7-6-27-18/h2-3,6-7,15-16H,4-5,8-9,11-13,26H2,1H3/t15-,16?/m0/s1. The first-order valence-corrected chi connectivity index (χ1v) is 10.1. The maximum absolute atomic E-state index is 13.9. The van der Waals surface area contributed by atoms with Gasteiger partial charge in [0.05, 0.1) is 17.2 Å². The van der Waals surface area contributed by atoms with Crippen LogP contribution in [0.4, 0.5) is 18.9 Å². The molecule has 2 aromatic rings. The van der Waals surface area contributed by atoms with Crippen LogP contribution in [-0.4, -0.2) is 59.3 Å². The van der Waals surface area contributed by atoms with Gasteiger partial charge in [-0.3, -0.25) is 9.97 Å². The van der Waals surface area contributed by atoms with Gasteiger partial charge in [0, 0.05) is 43.5 Å². The van der Waals surface area contributed by atoms with Gasteiger partial charge in [-0.25, -0.2) is 0 Å². The molecule has 9 heteroatoms. The van der Waals surface area contributed by atoms with Gasteiger partial charge in [0.15, 0.2) is 0 Å². The van der Waals surface area contributed by atoms with Gasteiger partial charge in [-0.2, -0.15) is 18.4 Å². The Morgan fingerprint density at radius 2 is 1.83 bits per heavy atom. The molecule has 0 amide bonds. The highest BCUT2D eigenvalue weighted by molar-refractivity contribution is 5.92. The molecule has 1 aromatic heterocycles. The van der Waals surface area contributed by atoms with Crippen LogP contribution in [0.15, 0.2) is 24.5 Å². The third-order valence-electron chi connectivity index (χ3n) is 6.42. The summed E-state index contributed by atoms with van der Waals surface area (Å²) in [5, 5.41) is 9.31. The van der Waals surface area contributed by atoms with Gasteiger partial charge in [0.1, 0.15) is 17.1 Å². The third kappa shape index (κ3) is 4.07. The third-order valence-corrected chi connectivity index (χ3v) is 6.42. The molecule has 2 saturated heterocycles. The molecule has 2 aliphatic heterocycles. The Labute approximate surface area is 173 Å². The minimum atomic E-state index is -4.27. The molecule has 0 spiro atoms. The van der Waals surface area contributed by atoms with Crippen molar-refractivity contribution in [1.29, 1.82) is 5.26 Å². The highest BCUT2D eigenvalue weighted by Crippen LogP contribution is 2.41. The van der Waals surface area contributed by atoms with Crippen LogP contribution in [0.1, 0.15) is 25.3 Å². The lowest BCUT2D eigenvalue weighted by molar-refractivity contribution is -0.180. The van der Waals surface area contributed by atoms with Crippen molar-refractivity contribution >= 4 is 16.7 Å². The van der Waals surface area contributed by atoms with Crippen molar-refractivity contribution in [2.24, 2.45) is 17.6 Å². The zero-order valence-electron chi connectivity index (χ0n) is 16.9. The molecule has 1 aromatic carbocycles. The second kappa shape index (κ2) is 7.67. The molecule has 3 heterocycles. The van der Waals surface area contributed by atoms with Crippen molar-refractivity contribution in [2.45, 2.75) is 31.5 Å². The lowest BCUT2D eigenvalue weighted by atomic mass is 9.89. The number of nitrogens with zero attached hydrogens (tertiary/aromatic N) is 5. The summed E-state index contributed by atoms with van der Waals surface area (Å²) < 4.78 is 41.6. The average Bonchev–Trinajstić information content (AvgIpc) is 3.13. The molecule has 4 rings (SSSR count). The number of piperidine rings is 1. The average molecular weight is 418 g/mol. The Morgan fingerprint density at radius 3 is 2.47 bits per heavy atom. The smallest absolute Gasteiger partial charge is 0.369 e. The highest BCUT2D eigenvalue weighted by Gasteiger charge is 2.50. The normalized spacial score (nSPS) is 24.9. The topological polar surface area (TPSA) is 82.1 Å². The molecule has 6 nitrogen and oxygen atoms in total. The zero-order chi connectivity index (χ0) is 21.5. The molecular formula is C21H25F3N6. The number of rotatable bonds is 3. The van der Waals surface area contributed by atoms with Crippen LogP contribution in [0.25, 0.3) is 11.0 Å². The number of aromatic nitrogens is 2. The van der Waals surface area contributed by atoms with E-state index in [0.717, 1.165) is 25.9 Å². The first-order valence-electron chi connectivity index (χ1n) is 10.1. The summed E-state index contributed by atoms with van der Waals surface area (Å²) in [4.78, 5) is 12.4. The van der Waals surface area contributed by atoms with E-state index in [0.29, 0.717) is 28.8 Å². The molecular weight excluding hydrogens is 393 g/mol. The maximum Gasteiger partial charge on any atom is 0.393 e. The number of benzene rings is 1. The number of likely N-dealkylation sites (tertiary alicyclic amines) is 1. The van der Waals surface area contributed by atoms with E-state index < -0.39 is 18.0 Å². The number of hydrogen-bond donors (Lipinski definition) is 1. The van der Waals surface area contributed by atoms with Crippen molar-refractivity contribution in [2.75, 3.05) is 37.6 Å². The molecule has 2 aliphatic rings. The minimum Gasteiger partial charge on any atom is -0.369 e. The first kappa shape index (κ1) is 20.8. The van der Waals surface area contributed by atoms with Crippen LogP contribution in [0.2, 0.25) is 0 Å². The second-order valence-corrected chi connectivity index (χ2v) is 8.77. The molecule has 2 atom stereocenters. The summed E-state index contributed by atoms with van der Waals surface area (Å²) in [6, 6.07) is 5.37. The van der Waals surface area contributed by atoms with Crippen molar-refractivity contribution < 1.29 is 13.2 Å². The number of alkyl halides is 3. The van der Waals surface area contributed by atoms with Gasteiger partial charge >= 0.3 is 6.18 Å². The summed E-state index contributed by atoms with van der Waals surface area (Å²) in [7, 11) is 0. The lowest BCUT2D eigenvalue weighted by Gasteiger charge is -2.38. The van der Waals surface area contributed by atoms with Gasteiger partial charge in [0.2, 0.25) is 0 Å². The summed E-state index contributed by atoms with van der Waals surface area (Å²) >= 11 is 0. The Balaban J connectivity index is 1.59. The summed E-state index contributed by atoms with van der Waals surface area (Å²) in [6.45, 7) is 4.01. The zero-order valence-corrected chi connectivity index (χ0v) is 16.9. The lowest BCUT2D eigenvalue weighted by Crippen LogP contribution is -2.50. The first-order chi connectivity index (χ1) is 14.2. The van der Waals surface area contributed by atoms with Crippen LogP contribution in [0.3, 0.4) is 0 Å². The Kier molecular flexibility index (Phi) is 5.32. The highest BCUT2D eigenvalue weighted by atomic mass is 19.4. The van der Waals surface area contributed by atoms with Crippen molar-refractivity contribution in [3.05, 3.63) is 30.1 Å². The second-order valence-electron chi connectivity index (χ2n) is 8.77. The molecule has 0 aliphatic carbocycles. The van der Waals surface area contributed by atoms with Crippen molar-refractivity contribution in [3.8, 4) is 6.07 Å². The monoisotopic (exact) mass is 418 g/mol. The molecule has 1 unspecified atom stereocenters. The van der Waals surface area contributed by atoms with E-state index in [9.17, 15) is 18.4 Å². The fourth-order valence-corrected chi connectivity index (χ4v) is 4.59. The van der Waals surface area contributed by atoms with Crippen LogP contribution in [-0.2, 0) is 0 Å². The van der Waals surface area contributed by atoms with Crippen LogP contribution in [0, 0.1) is 23.2 Å². The van der Waals surface area contributed by atoms with Gasteiger partial charge < -0.3 is 15.5 Å². The molecule has 30 heavy (non-hydrogen) atoms. The van der Waals surface area contributed by atoms with E-state index in [-0.39, 0.29) is 18.6 Å². The Hall–Kier alpha value is -2.44. The molecule has 2 fully saturated rings. The fraction of sp³-hybridized carbons (Fsp3) is 0.571. The number of fused-ring (bicyclic) bond motifs is 1. The van der Waals surface area contributed by atoms with Crippen LogP contribution in [0.5, 0.6) is 0 Å². The van der Waals surface area contributed by atoms with E-state index >= 15 is 0 Å².